The minimum absolute atomic E-state index is 0.125. The highest BCUT2D eigenvalue weighted by Gasteiger charge is 2.48. The molecule has 0 aromatic heterocycles. The van der Waals surface area contributed by atoms with Crippen LogP contribution in [0.25, 0.3) is 0 Å². The first-order chi connectivity index (χ1) is 14.0. The second-order valence-corrected chi connectivity index (χ2v) is 8.47. The molecule has 0 bridgehead atoms. The zero-order valence-electron chi connectivity index (χ0n) is 16.2. The fraction of sp³-hybridized carbons (Fsp3) is 0.524. The van der Waals surface area contributed by atoms with Gasteiger partial charge in [0, 0.05) is 31.6 Å². The SMILES string of the molecule is O=C1CCC(N2C(=O)c3ccc(CN4CCNCCC45CC5)cc3C2=O)C(=O)N1. The van der Waals surface area contributed by atoms with E-state index < -0.39 is 23.8 Å². The molecule has 0 radical (unpaired) electrons. The Bertz CT molecular complexity index is 923. The van der Waals surface area contributed by atoms with E-state index in [-0.39, 0.29) is 24.3 Å². The molecule has 1 saturated carbocycles. The lowest BCUT2D eigenvalue weighted by atomic mass is 10.0. The predicted octanol–water partition coefficient (Wildman–Crippen LogP) is 0.416. The Morgan fingerprint density at radius 1 is 1.00 bits per heavy atom. The van der Waals surface area contributed by atoms with Crippen LogP contribution in [0.5, 0.6) is 0 Å². The van der Waals surface area contributed by atoms with Crippen LogP contribution in [0.15, 0.2) is 18.2 Å². The monoisotopic (exact) mass is 396 g/mol. The van der Waals surface area contributed by atoms with E-state index in [0.717, 1.165) is 43.1 Å². The Balaban J connectivity index is 1.38. The molecule has 4 aliphatic rings. The third-order valence-corrected chi connectivity index (χ3v) is 6.70. The maximum absolute atomic E-state index is 13.0. The van der Waals surface area contributed by atoms with E-state index >= 15 is 0 Å². The summed E-state index contributed by atoms with van der Waals surface area (Å²) in [5.41, 5.74) is 1.97. The van der Waals surface area contributed by atoms with Crippen LogP contribution in [-0.4, -0.2) is 64.6 Å². The van der Waals surface area contributed by atoms with Crippen molar-refractivity contribution < 1.29 is 19.2 Å². The number of carbonyl (C=O) groups excluding carboxylic acids is 4. The Morgan fingerprint density at radius 3 is 2.55 bits per heavy atom. The van der Waals surface area contributed by atoms with Gasteiger partial charge in [-0.15, -0.1) is 0 Å². The summed E-state index contributed by atoms with van der Waals surface area (Å²) in [7, 11) is 0. The Labute approximate surface area is 168 Å². The maximum Gasteiger partial charge on any atom is 0.262 e. The van der Waals surface area contributed by atoms with Crippen LogP contribution in [0.3, 0.4) is 0 Å². The van der Waals surface area contributed by atoms with Gasteiger partial charge in [-0.3, -0.25) is 34.3 Å². The molecule has 1 unspecified atom stereocenters. The van der Waals surface area contributed by atoms with Crippen LogP contribution < -0.4 is 10.6 Å². The fourth-order valence-electron chi connectivity index (χ4n) is 4.85. The highest BCUT2D eigenvalue weighted by Crippen LogP contribution is 2.45. The van der Waals surface area contributed by atoms with Crippen molar-refractivity contribution in [1.82, 2.24) is 20.4 Å². The number of nitrogens with one attached hydrogen (secondary N) is 2. The Hall–Kier alpha value is -2.58. The van der Waals surface area contributed by atoms with Gasteiger partial charge in [-0.05, 0) is 49.9 Å². The number of piperidine rings is 1. The van der Waals surface area contributed by atoms with Crippen LogP contribution in [-0.2, 0) is 16.1 Å². The van der Waals surface area contributed by atoms with Crippen molar-refractivity contribution in [2.24, 2.45) is 0 Å². The van der Waals surface area contributed by atoms with Crippen LogP contribution in [0.1, 0.15) is 58.4 Å². The molecule has 3 aliphatic heterocycles. The standard InChI is InChI=1S/C21H24N4O4/c26-17-4-3-16(18(27)23-17)25-19(28)14-2-1-13(11-15(14)20(25)29)12-24-10-9-22-8-7-21(24)5-6-21/h1-2,11,16,22H,3-10,12H2,(H,23,26,27). The lowest BCUT2D eigenvalue weighted by molar-refractivity contribution is -0.136. The topological polar surface area (TPSA) is 98.8 Å². The van der Waals surface area contributed by atoms with Gasteiger partial charge in [-0.25, -0.2) is 0 Å². The number of benzene rings is 1. The summed E-state index contributed by atoms with van der Waals surface area (Å²) >= 11 is 0. The zero-order chi connectivity index (χ0) is 20.2. The molecule has 5 rings (SSSR count). The maximum atomic E-state index is 13.0. The number of carbonyl (C=O) groups is 4. The lowest BCUT2D eigenvalue weighted by Gasteiger charge is -2.29. The van der Waals surface area contributed by atoms with Crippen molar-refractivity contribution >= 4 is 23.6 Å². The molecule has 3 heterocycles. The van der Waals surface area contributed by atoms with Gasteiger partial charge in [0.25, 0.3) is 11.8 Å². The lowest BCUT2D eigenvalue weighted by Crippen LogP contribution is -2.54. The normalized spacial score (nSPS) is 26.5. The van der Waals surface area contributed by atoms with Crippen LogP contribution in [0.2, 0.25) is 0 Å². The molecule has 2 saturated heterocycles. The molecule has 1 aromatic carbocycles. The average Bonchev–Trinajstić information content (AvgIpc) is 3.47. The van der Waals surface area contributed by atoms with E-state index in [1.165, 1.54) is 12.8 Å². The summed E-state index contributed by atoms with van der Waals surface area (Å²) in [5.74, 6) is -1.85. The van der Waals surface area contributed by atoms with Gasteiger partial charge >= 0.3 is 0 Å². The summed E-state index contributed by atoms with van der Waals surface area (Å²) in [6, 6.07) is 4.49. The van der Waals surface area contributed by atoms with Crippen molar-refractivity contribution in [3.63, 3.8) is 0 Å². The molecule has 29 heavy (non-hydrogen) atoms. The number of rotatable bonds is 3. The molecular formula is C21H24N4O4. The van der Waals surface area contributed by atoms with Crippen molar-refractivity contribution in [1.29, 1.82) is 0 Å². The van der Waals surface area contributed by atoms with Crippen molar-refractivity contribution in [3.8, 4) is 0 Å². The molecular weight excluding hydrogens is 372 g/mol. The number of amides is 4. The molecule has 1 aromatic rings. The summed E-state index contributed by atoms with van der Waals surface area (Å²) in [5, 5.41) is 5.68. The van der Waals surface area contributed by atoms with E-state index in [0.29, 0.717) is 11.1 Å². The van der Waals surface area contributed by atoms with Crippen LogP contribution in [0, 0.1) is 0 Å². The van der Waals surface area contributed by atoms with Crippen molar-refractivity contribution in [3.05, 3.63) is 34.9 Å². The Morgan fingerprint density at radius 2 is 1.79 bits per heavy atom. The molecule has 8 nitrogen and oxygen atoms in total. The van der Waals surface area contributed by atoms with E-state index in [9.17, 15) is 19.2 Å². The van der Waals surface area contributed by atoms with Gasteiger partial charge in [-0.1, -0.05) is 6.07 Å². The fourth-order valence-corrected chi connectivity index (χ4v) is 4.85. The van der Waals surface area contributed by atoms with Gasteiger partial charge in [0.05, 0.1) is 11.1 Å². The van der Waals surface area contributed by atoms with Gasteiger partial charge in [0.1, 0.15) is 6.04 Å². The van der Waals surface area contributed by atoms with Crippen LogP contribution >= 0.6 is 0 Å². The summed E-state index contributed by atoms with van der Waals surface area (Å²) < 4.78 is 0. The molecule has 1 atom stereocenters. The quantitative estimate of drug-likeness (QED) is 0.719. The summed E-state index contributed by atoms with van der Waals surface area (Å²) in [6.45, 7) is 3.70. The highest BCUT2D eigenvalue weighted by molar-refractivity contribution is 6.23. The third kappa shape index (κ3) is 3.07. The average molecular weight is 396 g/mol. The molecule has 1 spiro atoms. The number of fused-ring (bicyclic) bond motifs is 1. The van der Waals surface area contributed by atoms with Gasteiger partial charge < -0.3 is 5.32 Å². The molecule has 3 fully saturated rings. The zero-order valence-corrected chi connectivity index (χ0v) is 16.2. The van der Waals surface area contributed by atoms with Crippen molar-refractivity contribution in [2.45, 2.75) is 50.2 Å². The van der Waals surface area contributed by atoms with Gasteiger partial charge in [-0.2, -0.15) is 0 Å². The van der Waals surface area contributed by atoms with E-state index in [1.807, 2.05) is 6.07 Å². The third-order valence-electron chi connectivity index (χ3n) is 6.70. The first-order valence-corrected chi connectivity index (χ1v) is 10.3. The van der Waals surface area contributed by atoms with E-state index in [1.54, 1.807) is 12.1 Å². The Kier molecular flexibility index (Phi) is 4.29. The second kappa shape index (κ2) is 6.74. The van der Waals surface area contributed by atoms with Gasteiger partial charge in [0.15, 0.2) is 0 Å². The first kappa shape index (κ1) is 18.4. The molecule has 4 amide bonds. The molecule has 2 N–H and O–H groups in total. The molecule has 1 aliphatic carbocycles. The number of imide groups is 2. The predicted molar refractivity (Wildman–Crippen MR) is 103 cm³/mol. The van der Waals surface area contributed by atoms with Crippen LogP contribution in [0.4, 0.5) is 0 Å². The van der Waals surface area contributed by atoms with E-state index in [2.05, 4.69) is 15.5 Å². The second-order valence-electron chi connectivity index (χ2n) is 8.47. The number of hydrogen-bond acceptors (Lipinski definition) is 6. The van der Waals surface area contributed by atoms with Gasteiger partial charge in [0.2, 0.25) is 11.8 Å². The number of nitrogens with zero attached hydrogens (tertiary/aromatic N) is 2. The minimum Gasteiger partial charge on any atom is -0.315 e. The first-order valence-electron chi connectivity index (χ1n) is 10.3. The number of hydrogen-bond donors (Lipinski definition) is 2. The largest absolute Gasteiger partial charge is 0.315 e. The summed E-state index contributed by atoms with van der Waals surface area (Å²) in [4.78, 5) is 52.9. The summed E-state index contributed by atoms with van der Waals surface area (Å²) in [6.07, 6.45) is 3.85. The smallest absolute Gasteiger partial charge is 0.262 e. The van der Waals surface area contributed by atoms with Crippen molar-refractivity contribution in [2.75, 3.05) is 19.6 Å². The molecule has 8 heteroatoms. The molecule has 152 valence electrons. The van der Waals surface area contributed by atoms with E-state index in [4.69, 9.17) is 0 Å². The minimum atomic E-state index is -0.921. The highest BCUT2D eigenvalue weighted by atomic mass is 16.2.